The van der Waals surface area contributed by atoms with E-state index in [0.717, 1.165) is 19.7 Å². The molecule has 0 aliphatic heterocycles. The van der Waals surface area contributed by atoms with E-state index in [4.69, 9.17) is 9.97 Å². The van der Waals surface area contributed by atoms with E-state index in [-0.39, 0.29) is 0 Å². The van der Waals surface area contributed by atoms with Gasteiger partial charge in [0.25, 0.3) is 0 Å². The summed E-state index contributed by atoms with van der Waals surface area (Å²) in [6.07, 6.45) is 0. The predicted octanol–water partition coefficient (Wildman–Crippen LogP) is 6.94. The highest BCUT2D eigenvalue weighted by molar-refractivity contribution is 7.32. The molecule has 0 atom stereocenters. The molecule has 0 spiro atoms. The minimum Gasteiger partial charge on any atom is -0.222 e. The van der Waals surface area contributed by atoms with Gasteiger partial charge in [-0.15, -0.1) is 34.0 Å². The summed E-state index contributed by atoms with van der Waals surface area (Å²) < 4.78 is 0. The quantitative estimate of drug-likeness (QED) is 0.334. The van der Waals surface area contributed by atoms with Gasteiger partial charge in [0.1, 0.15) is 10.0 Å². The van der Waals surface area contributed by atoms with Gasteiger partial charge in [-0.2, -0.15) is 0 Å². The molecular weight excluding hydrogens is 381 g/mol. The van der Waals surface area contributed by atoms with E-state index < -0.39 is 0 Å². The molecule has 0 saturated heterocycles. The Balaban J connectivity index is 1.52. The van der Waals surface area contributed by atoms with Crippen LogP contribution in [0, 0.1) is 0 Å². The first-order chi connectivity index (χ1) is 11.4. The summed E-state index contributed by atoms with van der Waals surface area (Å²) in [5.74, 6) is 0. The largest absolute Gasteiger partial charge is 0.222 e. The first-order valence-corrected chi connectivity index (χ1v) is 11.0. The molecular formula is C16H8N2S5. The van der Waals surface area contributed by atoms with Crippen molar-refractivity contribution in [1.82, 2.24) is 9.97 Å². The van der Waals surface area contributed by atoms with E-state index in [1.54, 1.807) is 56.7 Å². The zero-order valence-electron chi connectivity index (χ0n) is 11.6. The SMILES string of the molecule is c1csc(-c2ccc(-c3nc4sc(-c5cccs5)nc4s3)s2)c1. The molecule has 0 radical (unpaired) electrons. The first-order valence-electron chi connectivity index (χ1n) is 6.82. The third kappa shape index (κ3) is 2.49. The van der Waals surface area contributed by atoms with E-state index in [2.05, 4.69) is 47.2 Å². The van der Waals surface area contributed by atoms with Crippen LogP contribution in [0.25, 0.3) is 39.2 Å². The maximum absolute atomic E-state index is 4.80. The fraction of sp³-hybridized carbons (Fsp3) is 0. The van der Waals surface area contributed by atoms with Gasteiger partial charge < -0.3 is 0 Å². The summed E-state index contributed by atoms with van der Waals surface area (Å²) in [6.45, 7) is 0. The number of hydrogen-bond donors (Lipinski definition) is 0. The molecule has 0 bridgehead atoms. The van der Waals surface area contributed by atoms with Crippen molar-refractivity contribution >= 4 is 66.3 Å². The first kappa shape index (κ1) is 14.0. The predicted molar refractivity (Wildman–Crippen MR) is 105 cm³/mol. The number of thiazole rings is 2. The molecule has 5 heterocycles. The molecule has 0 fully saturated rings. The molecule has 0 aliphatic carbocycles. The maximum Gasteiger partial charge on any atom is 0.155 e. The van der Waals surface area contributed by atoms with Gasteiger partial charge in [0.2, 0.25) is 0 Å². The van der Waals surface area contributed by atoms with E-state index in [1.165, 1.54) is 19.5 Å². The Morgan fingerprint density at radius 1 is 0.565 bits per heavy atom. The highest BCUT2D eigenvalue weighted by Gasteiger charge is 2.15. The van der Waals surface area contributed by atoms with Gasteiger partial charge in [0, 0.05) is 9.75 Å². The lowest BCUT2D eigenvalue weighted by atomic mass is 10.4. The molecule has 2 nitrogen and oxygen atoms in total. The molecule has 0 unspecified atom stereocenters. The van der Waals surface area contributed by atoms with E-state index in [1.807, 2.05) is 0 Å². The standard InChI is InChI=1S/C16H8N2S5/c1-3-9(19-7-1)10-5-6-12(21-10)14-18-16-15(23-14)17-13(22-16)11-4-2-8-20-11/h1-8H. The summed E-state index contributed by atoms with van der Waals surface area (Å²) in [7, 11) is 0. The second-order valence-electron chi connectivity index (χ2n) is 4.77. The van der Waals surface area contributed by atoms with Crippen LogP contribution in [0.3, 0.4) is 0 Å². The molecule has 0 amide bonds. The number of thiophene rings is 3. The fourth-order valence-corrected chi connectivity index (χ4v) is 6.99. The van der Waals surface area contributed by atoms with Crippen LogP contribution in [0.1, 0.15) is 0 Å². The smallest absolute Gasteiger partial charge is 0.155 e. The molecule has 112 valence electrons. The Morgan fingerprint density at radius 3 is 1.83 bits per heavy atom. The van der Waals surface area contributed by atoms with Gasteiger partial charge in [-0.3, -0.25) is 0 Å². The van der Waals surface area contributed by atoms with Gasteiger partial charge >= 0.3 is 0 Å². The highest BCUT2D eigenvalue weighted by atomic mass is 32.1. The molecule has 0 saturated carbocycles. The van der Waals surface area contributed by atoms with Crippen LogP contribution in [-0.2, 0) is 0 Å². The summed E-state index contributed by atoms with van der Waals surface area (Å²) in [5.41, 5.74) is 0. The average molecular weight is 389 g/mol. The average Bonchev–Trinajstić information content (AvgIpc) is 3.34. The Bertz CT molecular complexity index is 1030. The van der Waals surface area contributed by atoms with Gasteiger partial charge in [0.05, 0.1) is 9.75 Å². The minimum absolute atomic E-state index is 1.04. The summed E-state index contributed by atoms with van der Waals surface area (Å²) in [6, 6.07) is 12.8. The summed E-state index contributed by atoms with van der Waals surface area (Å²) in [4.78, 5) is 16.7. The molecule has 0 aliphatic rings. The van der Waals surface area contributed by atoms with Crippen LogP contribution in [0.2, 0.25) is 0 Å². The van der Waals surface area contributed by atoms with Crippen LogP contribution in [0.15, 0.2) is 47.2 Å². The lowest BCUT2D eigenvalue weighted by molar-refractivity contribution is 1.51. The van der Waals surface area contributed by atoms with Crippen molar-refractivity contribution < 1.29 is 0 Å². The van der Waals surface area contributed by atoms with Gasteiger partial charge in [-0.05, 0) is 35.0 Å². The molecule has 5 rings (SSSR count). The number of rotatable bonds is 3. The molecule has 23 heavy (non-hydrogen) atoms. The van der Waals surface area contributed by atoms with Crippen molar-refractivity contribution in [1.29, 1.82) is 0 Å². The van der Waals surface area contributed by atoms with Crippen molar-refractivity contribution in [2.75, 3.05) is 0 Å². The van der Waals surface area contributed by atoms with Gasteiger partial charge in [0.15, 0.2) is 9.66 Å². The van der Waals surface area contributed by atoms with Crippen LogP contribution in [0.4, 0.5) is 0 Å². The number of aromatic nitrogens is 2. The third-order valence-corrected chi connectivity index (χ3v) is 8.68. The number of nitrogens with zero attached hydrogens (tertiary/aromatic N) is 2. The fourth-order valence-electron chi connectivity index (χ4n) is 2.26. The molecule has 0 N–H and O–H groups in total. The summed E-state index contributed by atoms with van der Waals surface area (Å²) in [5, 5.41) is 6.35. The zero-order chi connectivity index (χ0) is 15.2. The van der Waals surface area contributed by atoms with Crippen molar-refractivity contribution in [2.45, 2.75) is 0 Å². The minimum atomic E-state index is 1.04. The Kier molecular flexibility index (Phi) is 3.42. The molecule has 5 aromatic heterocycles. The molecule has 0 aromatic carbocycles. The second-order valence-corrected chi connectivity index (χ2v) is 9.70. The van der Waals surface area contributed by atoms with Crippen LogP contribution < -0.4 is 0 Å². The lowest BCUT2D eigenvalue weighted by Crippen LogP contribution is -1.67. The van der Waals surface area contributed by atoms with Crippen molar-refractivity contribution in [3.05, 3.63) is 47.2 Å². The van der Waals surface area contributed by atoms with E-state index in [9.17, 15) is 0 Å². The zero-order valence-corrected chi connectivity index (χ0v) is 15.6. The van der Waals surface area contributed by atoms with Crippen LogP contribution >= 0.6 is 56.7 Å². The lowest BCUT2D eigenvalue weighted by Gasteiger charge is -1.90. The molecule has 7 heteroatoms. The monoisotopic (exact) mass is 388 g/mol. The van der Waals surface area contributed by atoms with Gasteiger partial charge in [-0.25, -0.2) is 9.97 Å². The van der Waals surface area contributed by atoms with Crippen LogP contribution in [-0.4, -0.2) is 9.97 Å². The van der Waals surface area contributed by atoms with Crippen LogP contribution in [0.5, 0.6) is 0 Å². The Hall–Kier alpha value is -1.38. The number of fused-ring (bicyclic) bond motifs is 1. The van der Waals surface area contributed by atoms with Crippen molar-refractivity contribution in [3.63, 3.8) is 0 Å². The van der Waals surface area contributed by atoms with Crippen molar-refractivity contribution in [2.24, 2.45) is 0 Å². The normalized spacial score (nSPS) is 11.5. The Labute approximate surface area is 152 Å². The second kappa shape index (κ2) is 5.61. The third-order valence-electron chi connectivity index (χ3n) is 3.29. The number of hydrogen-bond acceptors (Lipinski definition) is 7. The van der Waals surface area contributed by atoms with E-state index in [0.29, 0.717) is 0 Å². The topological polar surface area (TPSA) is 25.8 Å². The Morgan fingerprint density at radius 2 is 1.17 bits per heavy atom. The van der Waals surface area contributed by atoms with Crippen molar-refractivity contribution in [3.8, 4) is 29.5 Å². The highest BCUT2D eigenvalue weighted by Crippen LogP contribution is 2.41. The van der Waals surface area contributed by atoms with E-state index >= 15 is 0 Å². The maximum atomic E-state index is 4.80. The summed E-state index contributed by atoms with van der Waals surface area (Å²) >= 11 is 8.67. The van der Waals surface area contributed by atoms with Gasteiger partial charge in [-0.1, -0.05) is 34.8 Å². The molecule has 5 aromatic rings.